The molecule has 0 bridgehead atoms. The van der Waals surface area contributed by atoms with Crippen molar-refractivity contribution in [3.8, 4) is 0 Å². The summed E-state index contributed by atoms with van der Waals surface area (Å²) < 4.78 is 2.32. The number of amides is 2. The van der Waals surface area contributed by atoms with Crippen LogP contribution < -0.4 is 16.3 Å². The molecule has 3 aromatic heterocycles. The van der Waals surface area contributed by atoms with Gasteiger partial charge in [0.1, 0.15) is 5.82 Å². The SMILES string of the molecule is CCNC(=O)c1c(NC(=O)c2ccc(Br)s2)[nH]c2cc3[nH]c(=O)n(C)c3cc12. The monoisotopic (exact) mass is 461 g/mol. The number of carbonyl (C=O) groups is 2. The molecule has 10 heteroatoms. The second-order valence-electron chi connectivity index (χ2n) is 6.20. The van der Waals surface area contributed by atoms with E-state index in [9.17, 15) is 14.4 Å². The highest BCUT2D eigenvalue weighted by atomic mass is 79.9. The van der Waals surface area contributed by atoms with Gasteiger partial charge in [-0.15, -0.1) is 11.3 Å². The van der Waals surface area contributed by atoms with Crippen molar-refractivity contribution >= 4 is 66.8 Å². The Morgan fingerprint density at radius 3 is 2.64 bits per heavy atom. The van der Waals surface area contributed by atoms with Crippen molar-refractivity contribution in [3.63, 3.8) is 0 Å². The zero-order valence-corrected chi connectivity index (χ0v) is 17.4. The molecule has 4 rings (SSSR count). The molecular formula is C18H16BrN5O3S. The van der Waals surface area contributed by atoms with E-state index in [1.165, 1.54) is 15.9 Å². The summed E-state index contributed by atoms with van der Waals surface area (Å²) in [5.41, 5.74) is 2.04. The number of fused-ring (bicyclic) bond motifs is 2. The standard InChI is InChI=1S/C18H16BrN5O3S/c1-3-20-17(26)14-8-6-11-10(22-18(27)24(11)2)7-9(8)21-15(14)23-16(25)12-4-5-13(19)28-12/h4-7,21H,3H2,1-2H3,(H,20,26)(H,22,27)(H,23,25). The highest BCUT2D eigenvalue weighted by Gasteiger charge is 2.22. The Balaban J connectivity index is 1.87. The molecule has 0 aliphatic rings. The minimum atomic E-state index is -0.314. The van der Waals surface area contributed by atoms with Crippen LogP contribution in [-0.2, 0) is 7.05 Å². The van der Waals surface area contributed by atoms with Crippen molar-refractivity contribution in [2.24, 2.45) is 7.05 Å². The largest absolute Gasteiger partial charge is 0.352 e. The molecule has 8 nitrogen and oxygen atoms in total. The van der Waals surface area contributed by atoms with Crippen LogP contribution in [0.4, 0.5) is 5.82 Å². The Bertz CT molecular complexity index is 1300. The summed E-state index contributed by atoms with van der Waals surface area (Å²) in [4.78, 5) is 43.6. The van der Waals surface area contributed by atoms with Gasteiger partial charge < -0.3 is 20.6 Å². The van der Waals surface area contributed by atoms with Gasteiger partial charge in [-0.25, -0.2) is 4.79 Å². The fourth-order valence-electron chi connectivity index (χ4n) is 3.11. The van der Waals surface area contributed by atoms with Crippen LogP contribution in [-0.4, -0.2) is 32.9 Å². The fourth-order valence-corrected chi connectivity index (χ4v) is 4.39. The van der Waals surface area contributed by atoms with Crippen molar-refractivity contribution in [3.05, 3.63) is 49.0 Å². The van der Waals surface area contributed by atoms with Crippen molar-refractivity contribution in [2.45, 2.75) is 6.92 Å². The van der Waals surface area contributed by atoms with Crippen LogP contribution in [0.5, 0.6) is 0 Å². The number of nitrogens with zero attached hydrogens (tertiary/aromatic N) is 1. The van der Waals surface area contributed by atoms with Crippen LogP contribution in [0, 0.1) is 0 Å². The molecule has 28 heavy (non-hydrogen) atoms. The summed E-state index contributed by atoms with van der Waals surface area (Å²) in [6.45, 7) is 2.27. The average Bonchev–Trinajstić information content (AvgIpc) is 3.30. The molecule has 4 N–H and O–H groups in total. The molecule has 0 aliphatic heterocycles. The van der Waals surface area contributed by atoms with Crippen molar-refractivity contribution in [1.29, 1.82) is 0 Å². The van der Waals surface area contributed by atoms with Gasteiger partial charge in [-0.2, -0.15) is 0 Å². The molecule has 0 aliphatic carbocycles. The quantitative estimate of drug-likeness (QED) is 0.374. The maximum absolute atomic E-state index is 12.7. The first-order chi connectivity index (χ1) is 13.4. The first-order valence-electron chi connectivity index (χ1n) is 8.48. The number of aromatic nitrogens is 3. The van der Waals surface area contributed by atoms with E-state index in [0.717, 1.165) is 3.79 Å². The van der Waals surface area contributed by atoms with Gasteiger partial charge in [-0.3, -0.25) is 14.2 Å². The van der Waals surface area contributed by atoms with Crippen LogP contribution >= 0.6 is 27.3 Å². The summed E-state index contributed by atoms with van der Waals surface area (Å²) in [7, 11) is 1.66. The second kappa shape index (κ2) is 6.95. The normalized spacial score (nSPS) is 11.2. The van der Waals surface area contributed by atoms with Gasteiger partial charge in [0.25, 0.3) is 11.8 Å². The van der Waals surface area contributed by atoms with Crippen LogP contribution in [0.2, 0.25) is 0 Å². The van der Waals surface area contributed by atoms with Gasteiger partial charge in [-0.1, -0.05) is 0 Å². The van der Waals surface area contributed by atoms with Gasteiger partial charge >= 0.3 is 5.69 Å². The number of aryl methyl sites for hydroxylation is 1. The predicted octanol–water partition coefficient (Wildman–Crippen LogP) is 3.17. The number of carbonyl (C=O) groups excluding carboxylic acids is 2. The number of benzene rings is 1. The lowest BCUT2D eigenvalue weighted by Gasteiger charge is -2.06. The van der Waals surface area contributed by atoms with E-state index in [0.29, 0.717) is 44.7 Å². The van der Waals surface area contributed by atoms with Gasteiger partial charge in [0.05, 0.1) is 30.8 Å². The number of anilines is 1. The van der Waals surface area contributed by atoms with E-state index in [2.05, 4.69) is 36.5 Å². The van der Waals surface area contributed by atoms with E-state index in [-0.39, 0.29) is 17.5 Å². The van der Waals surface area contributed by atoms with E-state index in [4.69, 9.17) is 0 Å². The van der Waals surface area contributed by atoms with Crippen molar-refractivity contribution in [1.82, 2.24) is 19.9 Å². The number of aromatic amines is 2. The Morgan fingerprint density at radius 1 is 1.18 bits per heavy atom. The minimum absolute atomic E-state index is 0.237. The molecule has 0 atom stereocenters. The van der Waals surface area contributed by atoms with Crippen molar-refractivity contribution in [2.75, 3.05) is 11.9 Å². The van der Waals surface area contributed by atoms with Crippen LogP contribution in [0.3, 0.4) is 0 Å². The van der Waals surface area contributed by atoms with E-state index in [1.807, 2.05) is 6.92 Å². The fraction of sp³-hybridized carbons (Fsp3) is 0.167. The number of imidazole rings is 1. The number of hydrogen-bond acceptors (Lipinski definition) is 4. The molecule has 0 saturated heterocycles. The maximum atomic E-state index is 12.7. The molecule has 0 fully saturated rings. The molecule has 0 saturated carbocycles. The van der Waals surface area contributed by atoms with Gasteiger partial charge in [0.2, 0.25) is 0 Å². The van der Waals surface area contributed by atoms with E-state index >= 15 is 0 Å². The Morgan fingerprint density at radius 2 is 1.96 bits per heavy atom. The zero-order chi connectivity index (χ0) is 20.0. The Hall–Kier alpha value is -2.85. The third-order valence-electron chi connectivity index (χ3n) is 4.42. The molecule has 2 amide bonds. The predicted molar refractivity (Wildman–Crippen MR) is 113 cm³/mol. The zero-order valence-electron chi connectivity index (χ0n) is 15.0. The van der Waals surface area contributed by atoms with Gasteiger partial charge in [0.15, 0.2) is 0 Å². The summed E-state index contributed by atoms with van der Waals surface area (Å²) in [5, 5.41) is 6.19. The number of hydrogen-bond donors (Lipinski definition) is 4. The molecule has 0 radical (unpaired) electrons. The summed E-state index contributed by atoms with van der Waals surface area (Å²) in [6.07, 6.45) is 0. The number of rotatable bonds is 4. The smallest absolute Gasteiger partial charge is 0.326 e. The minimum Gasteiger partial charge on any atom is -0.352 e. The molecule has 144 valence electrons. The van der Waals surface area contributed by atoms with Crippen molar-refractivity contribution < 1.29 is 9.59 Å². The number of H-pyrrole nitrogens is 2. The van der Waals surface area contributed by atoms with Crippen LogP contribution in [0.15, 0.2) is 32.8 Å². The van der Waals surface area contributed by atoms with E-state index in [1.54, 1.807) is 31.3 Å². The number of thiophene rings is 1. The highest BCUT2D eigenvalue weighted by Crippen LogP contribution is 2.30. The molecule has 4 aromatic rings. The summed E-state index contributed by atoms with van der Waals surface area (Å²) in [5.74, 6) is -0.310. The van der Waals surface area contributed by atoms with Gasteiger partial charge in [0, 0.05) is 19.0 Å². The third-order valence-corrected chi connectivity index (χ3v) is 6.04. The second-order valence-corrected chi connectivity index (χ2v) is 8.66. The maximum Gasteiger partial charge on any atom is 0.326 e. The first kappa shape index (κ1) is 18.5. The third kappa shape index (κ3) is 3.04. The molecule has 1 aromatic carbocycles. The van der Waals surface area contributed by atoms with Crippen LogP contribution in [0.25, 0.3) is 21.9 Å². The first-order valence-corrected chi connectivity index (χ1v) is 10.1. The number of halogens is 1. The lowest BCUT2D eigenvalue weighted by Crippen LogP contribution is -2.24. The summed E-state index contributed by atoms with van der Waals surface area (Å²) in [6, 6.07) is 7.02. The topological polar surface area (TPSA) is 112 Å². The average molecular weight is 462 g/mol. The highest BCUT2D eigenvalue weighted by molar-refractivity contribution is 9.11. The number of nitrogens with one attached hydrogen (secondary N) is 4. The van der Waals surface area contributed by atoms with E-state index < -0.39 is 0 Å². The lowest BCUT2D eigenvalue weighted by molar-refractivity contribution is 0.0958. The molecule has 0 unspecified atom stereocenters. The van der Waals surface area contributed by atoms with Crippen LogP contribution in [0.1, 0.15) is 27.0 Å². The summed E-state index contributed by atoms with van der Waals surface area (Å²) >= 11 is 4.64. The lowest BCUT2D eigenvalue weighted by atomic mass is 10.1. The molecule has 0 spiro atoms. The Labute approximate surface area is 171 Å². The molecule has 3 heterocycles. The van der Waals surface area contributed by atoms with Gasteiger partial charge in [-0.05, 0) is 47.1 Å². The molecular weight excluding hydrogens is 446 g/mol. The Kier molecular flexibility index (Phi) is 4.60.